The van der Waals surface area contributed by atoms with Crippen molar-refractivity contribution in [2.75, 3.05) is 45.3 Å². The van der Waals surface area contributed by atoms with E-state index < -0.39 is 0 Å². The van der Waals surface area contributed by atoms with Crippen LogP contribution in [0.5, 0.6) is 11.5 Å². The number of carbonyl (C=O) groups excluding carboxylic acids is 1. The first-order valence-electron chi connectivity index (χ1n) is 10.8. The fraction of sp³-hybridized carbons (Fsp3) is 0.333. The number of anilines is 1. The van der Waals surface area contributed by atoms with Gasteiger partial charge in [-0.15, -0.1) is 10.2 Å². The predicted octanol–water partition coefficient (Wildman–Crippen LogP) is 2.13. The Bertz CT molecular complexity index is 1150. The largest absolute Gasteiger partial charge is 0.497 e. The molecule has 0 spiro atoms. The molecule has 0 aliphatic carbocycles. The lowest BCUT2D eigenvalue weighted by atomic mass is 10.2. The molecule has 0 atom stereocenters. The lowest BCUT2D eigenvalue weighted by Crippen LogP contribution is -2.48. The third kappa shape index (κ3) is 5.31. The second kappa shape index (κ2) is 10.2. The monoisotopic (exact) mass is 449 g/mol. The van der Waals surface area contributed by atoms with Crippen molar-refractivity contribution in [2.24, 2.45) is 0 Å². The number of hydrogen-bond donors (Lipinski definition) is 1. The first kappa shape index (κ1) is 22.3. The molecule has 3 aromatic rings. The summed E-state index contributed by atoms with van der Waals surface area (Å²) in [5.74, 6) is 1.93. The summed E-state index contributed by atoms with van der Waals surface area (Å²) in [6, 6.07) is 15.1. The van der Waals surface area contributed by atoms with Crippen LogP contribution in [-0.2, 0) is 11.2 Å². The molecule has 172 valence electrons. The number of benzene rings is 2. The minimum absolute atomic E-state index is 0.0146. The highest BCUT2D eigenvalue weighted by Gasteiger charge is 2.22. The number of hydrogen-bond acceptors (Lipinski definition) is 7. The average molecular weight is 450 g/mol. The molecule has 9 nitrogen and oxygen atoms in total. The van der Waals surface area contributed by atoms with E-state index in [1.807, 2.05) is 29.2 Å². The molecule has 0 radical (unpaired) electrons. The van der Waals surface area contributed by atoms with Gasteiger partial charge in [0, 0.05) is 56.3 Å². The van der Waals surface area contributed by atoms with E-state index in [4.69, 9.17) is 9.47 Å². The molecule has 33 heavy (non-hydrogen) atoms. The molecule has 1 aromatic heterocycles. The van der Waals surface area contributed by atoms with Gasteiger partial charge in [0.25, 0.3) is 5.56 Å². The van der Waals surface area contributed by atoms with Gasteiger partial charge in [0.1, 0.15) is 17.2 Å². The summed E-state index contributed by atoms with van der Waals surface area (Å²) in [6.07, 6.45) is 0.471. The van der Waals surface area contributed by atoms with Crippen LogP contribution in [0.25, 0.3) is 11.4 Å². The van der Waals surface area contributed by atoms with E-state index >= 15 is 0 Å². The molecule has 1 fully saturated rings. The van der Waals surface area contributed by atoms with E-state index in [0.29, 0.717) is 24.7 Å². The number of H-pyrrole nitrogens is 1. The quantitative estimate of drug-likeness (QED) is 0.590. The van der Waals surface area contributed by atoms with Crippen LogP contribution in [0.4, 0.5) is 5.69 Å². The summed E-state index contributed by atoms with van der Waals surface area (Å²) in [5.41, 5.74) is 1.75. The first-order chi connectivity index (χ1) is 16.1. The van der Waals surface area contributed by atoms with Crippen LogP contribution in [-0.4, -0.2) is 66.4 Å². The molecule has 9 heteroatoms. The fourth-order valence-electron chi connectivity index (χ4n) is 3.81. The second-order valence-corrected chi connectivity index (χ2v) is 7.75. The smallest absolute Gasteiger partial charge is 0.273 e. The van der Waals surface area contributed by atoms with Crippen LogP contribution in [0.2, 0.25) is 0 Å². The van der Waals surface area contributed by atoms with Gasteiger partial charge in [-0.25, -0.2) is 0 Å². The van der Waals surface area contributed by atoms with Gasteiger partial charge in [0.15, 0.2) is 5.82 Å². The van der Waals surface area contributed by atoms with Gasteiger partial charge in [-0.05, 0) is 36.4 Å². The number of ether oxygens (including phenoxy) is 2. The van der Waals surface area contributed by atoms with Crippen LogP contribution in [0.1, 0.15) is 12.1 Å². The molecule has 1 N–H and O–H groups in total. The van der Waals surface area contributed by atoms with Crippen molar-refractivity contribution in [1.29, 1.82) is 0 Å². The van der Waals surface area contributed by atoms with Crippen LogP contribution < -0.4 is 19.9 Å². The number of carbonyl (C=O) groups is 1. The molecule has 0 bridgehead atoms. The summed E-state index contributed by atoms with van der Waals surface area (Å²) >= 11 is 0. The zero-order chi connectivity index (χ0) is 23.2. The molecule has 0 unspecified atom stereocenters. The second-order valence-electron chi connectivity index (χ2n) is 7.75. The Morgan fingerprint density at radius 3 is 2.36 bits per heavy atom. The van der Waals surface area contributed by atoms with Gasteiger partial charge in [0.2, 0.25) is 5.91 Å². The summed E-state index contributed by atoms with van der Waals surface area (Å²) in [4.78, 5) is 32.0. The topological polar surface area (TPSA) is 101 Å². The number of nitrogens with one attached hydrogen (secondary N) is 1. The van der Waals surface area contributed by atoms with Gasteiger partial charge < -0.3 is 24.3 Å². The molecule has 2 aromatic carbocycles. The van der Waals surface area contributed by atoms with E-state index in [9.17, 15) is 9.59 Å². The molecule has 1 aliphatic heterocycles. The number of amides is 1. The fourth-order valence-corrected chi connectivity index (χ4v) is 3.81. The van der Waals surface area contributed by atoms with Crippen molar-refractivity contribution in [3.8, 4) is 22.9 Å². The standard InChI is InChI=1S/C24H27N5O4/c1-32-19-8-6-17(7-9-19)23-25-24(31)21(26-27-23)10-11-22(30)29-14-12-28(13-15-29)18-4-3-5-20(16-18)33-2/h3-9,16H,10-15H2,1-2H3,(H,25,27,31). The highest BCUT2D eigenvalue weighted by molar-refractivity contribution is 5.76. The van der Waals surface area contributed by atoms with Gasteiger partial charge in [-0.2, -0.15) is 0 Å². The summed E-state index contributed by atoms with van der Waals surface area (Å²) < 4.78 is 10.4. The number of aromatic nitrogens is 3. The van der Waals surface area contributed by atoms with Crippen LogP contribution in [0, 0.1) is 0 Å². The molecular weight excluding hydrogens is 422 g/mol. The Labute approximate surface area is 192 Å². The van der Waals surface area contributed by atoms with Crippen molar-refractivity contribution < 1.29 is 14.3 Å². The van der Waals surface area contributed by atoms with Gasteiger partial charge in [-0.1, -0.05) is 6.07 Å². The van der Waals surface area contributed by atoms with E-state index in [-0.39, 0.29) is 30.0 Å². The van der Waals surface area contributed by atoms with E-state index in [2.05, 4.69) is 20.1 Å². The molecule has 1 aliphatic rings. The van der Waals surface area contributed by atoms with E-state index in [0.717, 1.165) is 30.1 Å². The number of piperazine rings is 1. The SMILES string of the molecule is COc1ccc(-c2nnc(CCC(=O)N3CCN(c4cccc(OC)c4)CC3)c(=O)[nH]2)cc1. The number of rotatable bonds is 7. The molecule has 2 heterocycles. The number of nitrogens with zero attached hydrogens (tertiary/aromatic N) is 4. The molecule has 1 saturated heterocycles. The molecule has 0 saturated carbocycles. The lowest BCUT2D eigenvalue weighted by molar-refractivity contribution is -0.131. The van der Waals surface area contributed by atoms with Crippen molar-refractivity contribution in [2.45, 2.75) is 12.8 Å². The van der Waals surface area contributed by atoms with Crippen LogP contribution >= 0.6 is 0 Å². The van der Waals surface area contributed by atoms with Crippen LogP contribution in [0.3, 0.4) is 0 Å². The average Bonchev–Trinajstić information content (AvgIpc) is 2.88. The maximum atomic E-state index is 12.7. The highest BCUT2D eigenvalue weighted by Crippen LogP contribution is 2.22. The third-order valence-electron chi connectivity index (χ3n) is 5.75. The van der Waals surface area contributed by atoms with Gasteiger partial charge in [-0.3, -0.25) is 9.59 Å². The highest BCUT2D eigenvalue weighted by atomic mass is 16.5. The lowest BCUT2D eigenvalue weighted by Gasteiger charge is -2.36. The summed E-state index contributed by atoms with van der Waals surface area (Å²) in [5, 5.41) is 8.19. The van der Waals surface area contributed by atoms with Gasteiger partial charge in [0.05, 0.1) is 14.2 Å². The Hall–Kier alpha value is -3.88. The summed E-state index contributed by atoms with van der Waals surface area (Å²) in [7, 11) is 3.24. The molecule has 4 rings (SSSR count). The van der Waals surface area contributed by atoms with E-state index in [1.54, 1.807) is 38.5 Å². The Morgan fingerprint density at radius 1 is 0.970 bits per heavy atom. The maximum absolute atomic E-state index is 12.7. The zero-order valence-electron chi connectivity index (χ0n) is 18.8. The Kier molecular flexibility index (Phi) is 6.87. The Morgan fingerprint density at radius 2 is 1.70 bits per heavy atom. The maximum Gasteiger partial charge on any atom is 0.273 e. The predicted molar refractivity (Wildman–Crippen MR) is 125 cm³/mol. The van der Waals surface area contributed by atoms with Crippen molar-refractivity contribution >= 4 is 11.6 Å². The van der Waals surface area contributed by atoms with Gasteiger partial charge >= 0.3 is 0 Å². The molecular formula is C24H27N5O4. The summed E-state index contributed by atoms with van der Waals surface area (Å²) in [6.45, 7) is 2.76. The van der Waals surface area contributed by atoms with Crippen molar-refractivity contribution in [3.05, 3.63) is 64.6 Å². The molecule has 1 amide bonds. The zero-order valence-corrected chi connectivity index (χ0v) is 18.8. The minimum atomic E-state index is -0.327. The van der Waals surface area contributed by atoms with Crippen molar-refractivity contribution in [1.82, 2.24) is 20.1 Å². The minimum Gasteiger partial charge on any atom is -0.497 e. The number of methoxy groups -OCH3 is 2. The number of aryl methyl sites for hydroxylation is 1. The third-order valence-corrected chi connectivity index (χ3v) is 5.75. The van der Waals surface area contributed by atoms with Crippen molar-refractivity contribution in [3.63, 3.8) is 0 Å². The van der Waals surface area contributed by atoms with Crippen LogP contribution in [0.15, 0.2) is 53.3 Å². The number of aromatic amines is 1. The first-order valence-corrected chi connectivity index (χ1v) is 10.8. The normalized spacial score (nSPS) is 13.6. The van der Waals surface area contributed by atoms with E-state index in [1.165, 1.54) is 0 Å². The Balaban J connectivity index is 1.31.